The fourth-order valence-corrected chi connectivity index (χ4v) is 4.80. The summed E-state index contributed by atoms with van der Waals surface area (Å²) in [5, 5.41) is 12.3. The van der Waals surface area contributed by atoms with Gasteiger partial charge in [-0.1, -0.05) is 29.3 Å². The van der Waals surface area contributed by atoms with E-state index in [2.05, 4.69) is 20.6 Å². The highest BCUT2D eigenvalue weighted by atomic mass is 35.5. The smallest absolute Gasteiger partial charge is 0.251 e. The number of carbonyl (C=O) groups is 1. The fraction of sp³-hybridized carbons (Fsp3) is 0.259. The Morgan fingerprint density at radius 1 is 1.05 bits per heavy atom. The number of anilines is 2. The van der Waals surface area contributed by atoms with Crippen LogP contribution >= 0.6 is 23.2 Å². The molecule has 7 nitrogen and oxygen atoms in total. The Hall–Kier alpha value is -3.17. The van der Waals surface area contributed by atoms with Gasteiger partial charge in [-0.3, -0.25) is 9.69 Å². The minimum absolute atomic E-state index is 0.200. The average Bonchev–Trinajstić information content (AvgIpc) is 3.33. The molecule has 37 heavy (non-hydrogen) atoms. The van der Waals surface area contributed by atoms with E-state index in [1.807, 2.05) is 18.2 Å². The number of para-hydroxylation sites is 1. The van der Waals surface area contributed by atoms with E-state index < -0.39 is 5.82 Å². The first-order valence-corrected chi connectivity index (χ1v) is 12.8. The van der Waals surface area contributed by atoms with E-state index in [1.54, 1.807) is 24.4 Å². The largest absolute Gasteiger partial charge is 0.379 e. The second-order valence-corrected chi connectivity index (χ2v) is 9.60. The van der Waals surface area contributed by atoms with E-state index in [1.165, 1.54) is 22.9 Å². The summed E-state index contributed by atoms with van der Waals surface area (Å²) >= 11 is 12.5. The summed E-state index contributed by atoms with van der Waals surface area (Å²) < 4.78 is 21.7. The van der Waals surface area contributed by atoms with Gasteiger partial charge in [0, 0.05) is 36.3 Å². The van der Waals surface area contributed by atoms with Crippen LogP contribution in [0, 0.1) is 5.82 Å². The Morgan fingerprint density at radius 2 is 1.84 bits per heavy atom. The maximum Gasteiger partial charge on any atom is 0.251 e. The molecule has 1 amide bonds. The molecule has 0 spiro atoms. The molecule has 1 saturated heterocycles. The van der Waals surface area contributed by atoms with Crippen LogP contribution in [0.4, 0.5) is 15.8 Å². The molecule has 4 aromatic rings. The van der Waals surface area contributed by atoms with Crippen molar-refractivity contribution in [1.82, 2.24) is 20.0 Å². The highest BCUT2D eigenvalue weighted by Gasteiger charge is 2.15. The van der Waals surface area contributed by atoms with Gasteiger partial charge in [-0.2, -0.15) is 5.10 Å². The normalized spacial score (nSPS) is 14.1. The highest BCUT2D eigenvalue weighted by Crippen LogP contribution is 2.33. The summed E-state index contributed by atoms with van der Waals surface area (Å²) in [6, 6.07) is 15.1. The van der Waals surface area contributed by atoms with Crippen molar-refractivity contribution in [2.45, 2.75) is 6.42 Å². The third-order valence-electron chi connectivity index (χ3n) is 6.28. The summed E-state index contributed by atoms with van der Waals surface area (Å²) in [5.41, 5.74) is 2.63. The molecule has 1 aliphatic rings. The topological polar surface area (TPSA) is 71.4 Å². The number of nitrogens with one attached hydrogen (secondary N) is 2. The van der Waals surface area contributed by atoms with E-state index in [4.69, 9.17) is 27.9 Å². The number of nitrogens with zero attached hydrogens (tertiary/aromatic N) is 3. The minimum Gasteiger partial charge on any atom is -0.379 e. The van der Waals surface area contributed by atoms with Gasteiger partial charge in [-0.05, 0) is 61.5 Å². The lowest BCUT2D eigenvalue weighted by Gasteiger charge is -2.26. The molecule has 2 heterocycles. The number of halogens is 3. The van der Waals surface area contributed by atoms with Crippen molar-refractivity contribution < 1.29 is 13.9 Å². The molecule has 0 saturated carbocycles. The van der Waals surface area contributed by atoms with E-state index in [-0.39, 0.29) is 11.6 Å². The zero-order chi connectivity index (χ0) is 25.8. The number of amides is 1. The summed E-state index contributed by atoms with van der Waals surface area (Å²) in [6.45, 7) is 4.77. The first-order valence-electron chi connectivity index (χ1n) is 12.1. The molecule has 0 unspecified atom stereocenters. The second-order valence-electron chi connectivity index (χ2n) is 8.78. The molecule has 1 fully saturated rings. The predicted octanol–water partition coefficient (Wildman–Crippen LogP) is 5.67. The molecule has 0 atom stereocenters. The number of aromatic nitrogens is 2. The number of fused-ring (bicyclic) bond motifs is 1. The van der Waals surface area contributed by atoms with Crippen LogP contribution in [0.2, 0.25) is 10.0 Å². The highest BCUT2D eigenvalue weighted by molar-refractivity contribution is 6.39. The Labute approximate surface area is 224 Å². The monoisotopic (exact) mass is 541 g/mol. The molecule has 2 N–H and O–H groups in total. The van der Waals surface area contributed by atoms with Crippen molar-refractivity contribution in [3.63, 3.8) is 0 Å². The van der Waals surface area contributed by atoms with Crippen LogP contribution in [0.1, 0.15) is 16.8 Å². The van der Waals surface area contributed by atoms with E-state index in [0.29, 0.717) is 33.4 Å². The van der Waals surface area contributed by atoms with Gasteiger partial charge < -0.3 is 15.4 Å². The van der Waals surface area contributed by atoms with Gasteiger partial charge in [0.15, 0.2) is 0 Å². The standard InChI is InChI=1S/C27H26Cl2FN5O2/c28-21-3-1-4-22(29)26(21)33-20-6-8-24-19(15-20)17-32-35(24)25-16-18(5-7-23(25)30)27(36)31-9-2-10-34-11-13-37-14-12-34/h1,3-8,15-17,33H,2,9-14H2,(H,31,36). The Kier molecular flexibility index (Phi) is 7.90. The van der Waals surface area contributed by atoms with E-state index >= 15 is 0 Å². The summed E-state index contributed by atoms with van der Waals surface area (Å²) in [6.07, 6.45) is 2.48. The van der Waals surface area contributed by atoms with Gasteiger partial charge in [0.05, 0.1) is 40.7 Å². The SMILES string of the molecule is O=C(NCCCN1CCOCC1)c1ccc(F)c(-n2ncc3cc(Nc4c(Cl)cccc4Cl)ccc32)c1. The van der Waals surface area contributed by atoms with Crippen LogP contribution in [0.25, 0.3) is 16.6 Å². The van der Waals surface area contributed by atoms with Crippen LogP contribution in [-0.4, -0.2) is 60.0 Å². The molecule has 1 aromatic heterocycles. The molecule has 10 heteroatoms. The van der Waals surface area contributed by atoms with Crippen LogP contribution in [0.3, 0.4) is 0 Å². The van der Waals surface area contributed by atoms with Crippen LogP contribution in [0.5, 0.6) is 0 Å². The number of carbonyl (C=O) groups excluding carboxylic acids is 1. The van der Waals surface area contributed by atoms with Crippen molar-refractivity contribution in [1.29, 1.82) is 0 Å². The molecule has 3 aromatic carbocycles. The minimum atomic E-state index is -0.473. The van der Waals surface area contributed by atoms with Crippen molar-refractivity contribution in [2.75, 3.05) is 44.7 Å². The molecule has 0 bridgehead atoms. The molecule has 5 rings (SSSR count). The zero-order valence-electron chi connectivity index (χ0n) is 20.0. The maximum absolute atomic E-state index is 14.8. The fourth-order valence-electron chi connectivity index (χ4n) is 4.31. The van der Waals surface area contributed by atoms with Crippen LogP contribution < -0.4 is 10.6 Å². The number of benzene rings is 3. The number of hydrogen-bond acceptors (Lipinski definition) is 5. The second kappa shape index (κ2) is 11.5. The zero-order valence-corrected chi connectivity index (χ0v) is 21.5. The summed E-state index contributed by atoms with van der Waals surface area (Å²) in [4.78, 5) is 15.1. The summed E-state index contributed by atoms with van der Waals surface area (Å²) in [7, 11) is 0. The van der Waals surface area contributed by atoms with Crippen molar-refractivity contribution in [3.05, 3.63) is 82.2 Å². The summed E-state index contributed by atoms with van der Waals surface area (Å²) in [5.74, 6) is -0.721. The van der Waals surface area contributed by atoms with Gasteiger partial charge in [0.1, 0.15) is 11.5 Å². The molecular formula is C27H26Cl2FN5O2. The number of hydrogen-bond donors (Lipinski definition) is 2. The van der Waals surface area contributed by atoms with Gasteiger partial charge >= 0.3 is 0 Å². The Balaban J connectivity index is 1.30. The van der Waals surface area contributed by atoms with Gasteiger partial charge in [0.25, 0.3) is 5.91 Å². The number of morpholine rings is 1. The van der Waals surface area contributed by atoms with E-state index in [9.17, 15) is 9.18 Å². The van der Waals surface area contributed by atoms with Crippen LogP contribution in [0.15, 0.2) is 60.8 Å². The predicted molar refractivity (Wildman–Crippen MR) is 145 cm³/mol. The molecule has 0 radical (unpaired) electrons. The first kappa shape index (κ1) is 25.5. The number of rotatable bonds is 8. The van der Waals surface area contributed by atoms with Gasteiger partial charge in [0.2, 0.25) is 0 Å². The lowest BCUT2D eigenvalue weighted by atomic mass is 10.1. The first-order chi connectivity index (χ1) is 18.0. The third-order valence-corrected chi connectivity index (χ3v) is 6.91. The van der Waals surface area contributed by atoms with Gasteiger partial charge in [-0.25, -0.2) is 9.07 Å². The third kappa shape index (κ3) is 5.88. The van der Waals surface area contributed by atoms with Crippen LogP contribution in [-0.2, 0) is 4.74 Å². The van der Waals surface area contributed by atoms with Gasteiger partial charge in [-0.15, -0.1) is 0 Å². The van der Waals surface area contributed by atoms with Crippen molar-refractivity contribution in [3.8, 4) is 5.69 Å². The maximum atomic E-state index is 14.8. The average molecular weight is 542 g/mol. The van der Waals surface area contributed by atoms with Crippen molar-refractivity contribution >= 4 is 51.4 Å². The molecule has 1 aliphatic heterocycles. The number of ether oxygens (including phenoxy) is 1. The molecule has 0 aliphatic carbocycles. The molecular weight excluding hydrogens is 516 g/mol. The Bertz CT molecular complexity index is 1400. The van der Waals surface area contributed by atoms with Crippen molar-refractivity contribution in [2.24, 2.45) is 0 Å². The lowest BCUT2D eigenvalue weighted by Crippen LogP contribution is -2.38. The Morgan fingerprint density at radius 3 is 2.62 bits per heavy atom. The lowest BCUT2D eigenvalue weighted by molar-refractivity contribution is 0.0374. The quantitative estimate of drug-likeness (QED) is 0.281. The molecule has 192 valence electrons. The van der Waals surface area contributed by atoms with E-state index in [0.717, 1.165) is 50.3 Å².